The summed E-state index contributed by atoms with van der Waals surface area (Å²) in [6.45, 7) is 0.899. The van der Waals surface area contributed by atoms with Gasteiger partial charge in [-0.25, -0.2) is 14.1 Å². The molecule has 2 aromatic heterocycles. The lowest BCUT2D eigenvalue weighted by atomic mass is 9.92. The zero-order chi connectivity index (χ0) is 29.9. The van der Waals surface area contributed by atoms with Crippen molar-refractivity contribution in [1.29, 1.82) is 5.26 Å². The standard InChI is InChI=1S/C27H33N6O8P/c1-17(26(36)39-18-8-4-2-5-9-18)32-42(37,41-19-10-6-3-7-11-19)38-14-21-23(34)24(35)27(15-28,40-21)22-13-12-20-25(29)30-16-31-33(20)22/h3,6-7,10-13,16-18,21,23-24,34-35H,2,4-5,8-9,14H2,1H3,(H,32,37)(H2,29,30,31)/t17-,21+,23+,24+,27-,42-/m0/s1. The minimum atomic E-state index is -4.31. The number of anilines is 1. The third-order valence-electron chi connectivity index (χ3n) is 7.40. The fraction of sp³-hybridized carbons (Fsp3) is 0.481. The van der Waals surface area contributed by atoms with Crippen LogP contribution in [0.2, 0.25) is 0 Å². The number of nitrogen functional groups attached to an aromatic ring is 1. The molecule has 3 heterocycles. The number of aromatic nitrogens is 3. The van der Waals surface area contributed by atoms with Gasteiger partial charge in [0.15, 0.2) is 5.82 Å². The van der Waals surface area contributed by atoms with Crippen molar-refractivity contribution in [2.75, 3.05) is 12.3 Å². The van der Waals surface area contributed by atoms with Crippen molar-refractivity contribution in [3.05, 3.63) is 54.5 Å². The smallest absolute Gasteiger partial charge is 0.459 e. The van der Waals surface area contributed by atoms with Crippen LogP contribution in [0.3, 0.4) is 0 Å². The number of hydrogen-bond acceptors (Lipinski definition) is 12. The van der Waals surface area contributed by atoms with E-state index >= 15 is 0 Å². The first-order valence-corrected chi connectivity index (χ1v) is 15.2. The van der Waals surface area contributed by atoms with E-state index in [2.05, 4.69) is 15.2 Å². The van der Waals surface area contributed by atoms with E-state index in [1.807, 2.05) is 6.07 Å². The van der Waals surface area contributed by atoms with Crippen LogP contribution in [-0.4, -0.2) is 67.8 Å². The van der Waals surface area contributed by atoms with Crippen LogP contribution in [0, 0.1) is 11.3 Å². The number of esters is 1. The Labute approximate surface area is 241 Å². The van der Waals surface area contributed by atoms with Gasteiger partial charge in [0, 0.05) is 0 Å². The van der Waals surface area contributed by atoms with Gasteiger partial charge in [0.1, 0.15) is 54.1 Å². The van der Waals surface area contributed by atoms with E-state index in [0.717, 1.165) is 32.1 Å². The van der Waals surface area contributed by atoms with E-state index in [0.29, 0.717) is 5.52 Å². The molecule has 1 saturated carbocycles. The number of nitrogens with two attached hydrogens (primary N) is 1. The predicted octanol–water partition coefficient (Wildman–Crippen LogP) is 2.21. The summed E-state index contributed by atoms with van der Waals surface area (Å²) in [6.07, 6.45) is 0.835. The van der Waals surface area contributed by atoms with Crippen molar-refractivity contribution in [2.24, 2.45) is 0 Å². The van der Waals surface area contributed by atoms with E-state index in [-0.39, 0.29) is 23.4 Å². The fourth-order valence-electron chi connectivity index (χ4n) is 5.17. The molecule has 6 atom stereocenters. The summed E-state index contributed by atoms with van der Waals surface area (Å²) in [7, 11) is -4.31. The lowest BCUT2D eigenvalue weighted by Crippen LogP contribution is -2.41. The Kier molecular flexibility index (Phi) is 8.79. The Morgan fingerprint density at radius 2 is 2.00 bits per heavy atom. The predicted molar refractivity (Wildman–Crippen MR) is 148 cm³/mol. The van der Waals surface area contributed by atoms with Gasteiger partial charge >= 0.3 is 13.7 Å². The summed E-state index contributed by atoms with van der Waals surface area (Å²) in [5, 5.41) is 38.7. The molecule has 5 rings (SSSR count). The van der Waals surface area contributed by atoms with Gasteiger partial charge in [-0.1, -0.05) is 24.6 Å². The van der Waals surface area contributed by atoms with E-state index in [4.69, 9.17) is 24.3 Å². The summed E-state index contributed by atoms with van der Waals surface area (Å²) in [5.41, 5.74) is 4.30. The van der Waals surface area contributed by atoms with Crippen LogP contribution in [0.1, 0.15) is 44.7 Å². The molecule has 0 amide bonds. The van der Waals surface area contributed by atoms with E-state index in [1.54, 1.807) is 36.4 Å². The molecular formula is C27H33N6O8P. The molecule has 3 aromatic rings. The third-order valence-corrected chi connectivity index (χ3v) is 9.05. The van der Waals surface area contributed by atoms with Crippen molar-refractivity contribution < 1.29 is 38.1 Å². The molecule has 0 spiro atoms. The van der Waals surface area contributed by atoms with Crippen LogP contribution in [0.15, 0.2) is 48.8 Å². The highest BCUT2D eigenvalue weighted by Gasteiger charge is 2.58. The molecule has 0 unspecified atom stereocenters. The average molecular weight is 601 g/mol. The number of para-hydroxylation sites is 1. The van der Waals surface area contributed by atoms with Gasteiger partial charge in [-0.05, 0) is 56.9 Å². The molecule has 42 heavy (non-hydrogen) atoms. The molecule has 15 heteroatoms. The zero-order valence-electron chi connectivity index (χ0n) is 22.9. The van der Waals surface area contributed by atoms with Gasteiger partial charge in [0.2, 0.25) is 5.60 Å². The van der Waals surface area contributed by atoms with Crippen LogP contribution in [0.4, 0.5) is 5.82 Å². The van der Waals surface area contributed by atoms with Crippen LogP contribution in [0.25, 0.3) is 5.52 Å². The minimum Gasteiger partial charge on any atom is -0.461 e. The number of fused-ring (bicyclic) bond motifs is 1. The van der Waals surface area contributed by atoms with Gasteiger partial charge in [-0.15, -0.1) is 0 Å². The molecule has 5 N–H and O–H groups in total. The number of ether oxygens (including phenoxy) is 2. The summed E-state index contributed by atoms with van der Waals surface area (Å²) in [5.74, 6) is -0.282. The van der Waals surface area contributed by atoms with Crippen LogP contribution >= 0.6 is 7.75 Å². The molecule has 224 valence electrons. The zero-order valence-corrected chi connectivity index (χ0v) is 23.8. The van der Waals surface area contributed by atoms with Crippen molar-refractivity contribution >= 4 is 25.1 Å². The van der Waals surface area contributed by atoms with Gasteiger partial charge in [0.05, 0.1) is 12.3 Å². The number of aliphatic hydroxyl groups excluding tert-OH is 2. The number of carbonyl (C=O) groups excluding carboxylic acids is 1. The summed E-state index contributed by atoms with van der Waals surface area (Å²) >= 11 is 0. The summed E-state index contributed by atoms with van der Waals surface area (Å²) in [4.78, 5) is 16.7. The maximum absolute atomic E-state index is 13.9. The average Bonchev–Trinajstić information content (AvgIpc) is 3.53. The SMILES string of the molecule is C[C@H](N[P@](=O)(OC[C@H]1O[C@@](C#N)(c2ccc3c(N)ncnn23)[C@H](O)[C@@H]1O)Oc1ccccc1)C(=O)OC1CCCCC1. The number of nitrogens with one attached hydrogen (secondary N) is 1. The summed E-state index contributed by atoms with van der Waals surface area (Å²) < 4.78 is 38.1. The van der Waals surface area contributed by atoms with Crippen LogP contribution in [0.5, 0.6) is 5.75 Å². The van der Waals surface area contributed by atoms with Crippen molar-refractivity contribution in [1.82, 2.24) is 19.7 Å². The largest absolute Gasteiger partial charge is 0.461 e. The number of aliphatic hydroxyl groups is 2. The maximum atomic E-state index is 13.9. The van der Waals surface area contributed by atoms with Crippen LogP contribution in [-0.2, 0) is 29.0 Å². The highest BCUT2D eigenvalue weighted by molar-refractivity contribution is 7.52. The highest BCUT2D eigenvalue weighted by atomic mass is 31.2. The lowest BCUT2D eigenvalue weighted by molar-refractivity contribution is -0.152. The number of nitriles is 1. The number of carbonyl (C=O) groups is 1. The molecule has 2 fully saturated rings. The molecule has 1 aromatic carbocycles. The monoisotopic (exact) mass is 600 g/mol. The number of benzene rings is 1. The number of hydrogen-bond donors (Lipinski definition) is 4. The van der Waals surface area contributed by atoms with Crippen molar-refractivity contribution in [3.8, 4) is 11.8 Å². The normalized spacial score (nSPS) is 26.8. The maximum Gasteiger partial charge on any atom is 0.459 e. The Morgan fingerprint density at radius 1 is 1.26 bits per heavy atom. The van der Waals surface area contributed by atoms with Crippen molar-refractivity contribution in [2.45, 2.75) is 75.1 Å². The molecule has 0 bridgehead atoms. The van der Waals surface area contributed by atoms with Gasteiger partial charge < -0.3 is 29.9 Å². The second kappa shape index (κ2) is 12.3. The van der Waals surface area contributed by atoms with Crippen molar-refractivity contribution in [3.63, 3.8) is 0 Å². The van der Waals surface area contributed by atoms with Crippen LogP contribution < -0.4 is 15.3 Å². The van der Waals surface area contributed by atoms with Gasteiger partial charge in [-0.3, -0.25) is 9.32 Å². The molecule has 1 aliphatic heterocycles. The second-order valence-corrected chi connectivity index (χ2v) is 12.0. The lowest BCUT2D eigenvalue weighted by Gasteiger charge is -2.27. The number of nitrogens with zero attached hydrogens (tertiary/aromatic N) is 4. The summed E-state index contributed by atoms with van der Waals surface area (Å²) in [6, 6.07) is 12.1. The molecule has 1 aliphatic carbocycles. The Balaban J connectivity index is 1.34. The molecule has 1 saturated heterocycles. The quantitative estimate of drug-likeness (QED) is 0.195. The van der Waals surface area contributed by atoms with E-state index in [9.17, 15) is 24.8 Å². The molecule has 14 nitrogen and oxygen atoms in total. The molecular weight excluding hydrogens is 567 g/mol. The fourth-order valence-corrected chi connectivity index (χ4v) is 6.67. The topological polar surface area (TPSA) is 204 Å². The first kappa shape index (κ1) is 29.9. The second-order valence-electron chi connectivity index (χ2n) is 10.3. The third kappa shape index (κ3) is 5.98. The van der Waals surface area contributed by atoms with Gasteiger partial charge in [0.25, 0.3) is 0 Å². The van der Waals surface area contributed by atoms with E-state index in [1.165, 1.54) is 23.8 Å². The highest BCUT2D eigenvalue weighted by Crippen LogP contribution is 2.47. The van der Waals surface area contributed by atoms with E-state index < -0.39 is 50.3 Å². The minimum absolute atomic E-state index is 0.101. The Bertz CT molecular complexity index is 1490. The molecule has 2 aliphatic rings. The number of rotatable bonds is 10. The Morgan fingerprint density at radius 3 is 2.71 bits per heavy atom. The molecule has 0 radical (unpaired) electrons. The Hall–Kier alpha value is -3.57. The van der Waals surface area contributed by atoms with Gasteiger partial charge in [-0.2, -0.15) is 15.4 Å². The first-order valence-electron chi connectivity index (χ1n) is 13.7. The first-order chi connectivity index (χ1) is 20.2.